The van der Waals surface area contributed by atoms with E-state index in [4.69, 9.17) is 15.6 Å². The maximum absolute atomic E-state index is 13.4. The van der Waals surface area contributed by atoms with Gasteiger partial charge in [-0.3, -0.25) is 14.4 Å². The molecule has 306 valence electrons. The summed E-state index contributed by atoms with van der Waals surface area (Å²) in [5, 5.41) is 49.4. The van der Waals surface area contributed by atoms with Crippen LogP contribution in [0.2, 0.25) is 0 Å². The van der Waals surface area contributed by atoms with Gasteiger partial charge >= 0.3 is 0 Å². The Bertz CT molecular complexity index is 2660. The summed E-state index contributed by atoms with van der Waals surface area (Å²) in [6, 6.07) is 15.8. The highest BCUT2D eigenvalue weighted by molar-refractivity contribution is 7.24. The monoisotopic (exact) mass is 810 g/mol. The molecule has 0 saturated heterocycles. The van der Waals surface area contributed by atoms with E-state index in [0.717, 1.165) is 58.6 Å². The zero-order valence-corrected chi connectivity index (χ0v) is 33.7. The first-order valence-electron chi connectivity index (χ1n) is 19.3. The lowest BCUT2D eigenvalue weighted by Gasteiger charge is -2.19. The van der Waals surface area contributed by atoms with Gasteiger partial charge in [0, 0.05) is 70.8 Å². The summed E-state index contributed by atoms with van der Waals surface area (Å²) >= 11 is 1.56. The van der Waals surface area contributed by atoms with Gasteiger partial charge in [-0.25, -0.2) is 4.52 Å². The van der Waals surface area contributed by atoms with Crippen molar-refractivity contribution in [3.63, 3.8) is 0 Å². The van der Waals surface area contributed by atoms with Crippen molar-refractivity contribution in [3.05, 3.63) is 86.3 Å². The number of nitrogens with zero attached hydrogens (tertiary/aromatic N) is 3. The molecule has 1 amide bonds. The summed E-state index contributed by atoms with van der Waals surface area (Å²) in [7, 11) is 1.60. The molecule has 7 aromatic rings. The first-order chi connectivity index (χ1) is 28.2. The van der Waals surface area contributed by atoms with Crippen LogP contribution in [0.3, 0.4) is 0 Å². The molecule has 15 nitrogen and oxygen atoms in total. The Morgan fingerprint density at radius 3 is 2.33 bits per heavy atom. The molecule has 4 aromatic carbocycles. The molecule has 0 unspecified atom stereocenters. The lowest BCUT2D eigenvalue weighted by molar-refractivity contribution is -0.109. The fourth-order valence-corrected chi connectivity index (χ4v) is 8.32. The van der Waals surface area contributed by atoms with Crippen LogP contribution in [0, 0.1) is 0 Å². The predicted molar refractivity (Wildman–Crippen MR) is 233 cm³/mol. The van der Waals surface area contributed by atoms with Crippen LogP contribution in [0.15, 0.2) is 64.2 Å². The van der Waals surface area contributed by atoms with E-state index in [9.17, 15) is 24.6 Å². The standard InChI is InChI=1S/C22H27N3O3S.C20H23N5O4/c1-4-25(5-2)11-10-24-18-8-6-15(13-23-14-26)22-20(18)21(27)17-12-16(28-3)7-9-19(17)29-22;21-6-1-7-23-12-3-2-11-13(10-22-8-9-26)24-25-18(11)16(12)20(29)17-14(27)4-5-15(28)19(17)25/h6-9,12,14,24H,4-5,10-11,13H2,1-3H3,(H,23,26);2-5,22-23,26-28H,1,6-10,21H2. The van der Waals surface area contributed by atoms with Gasteiger partial charge in [0.15, 0.2) is 5.43 Å². The molecule has 0 atom stereocenters. The van der Waals surface area contributed by atoms with Gasteiger partial charge in [0.25, 0.3) is 0 Å². The number of pyridine rings is 1. The quantitative estimate of drug-likeness (QED) is 0.0266. The third-order valence-electron chi connectivity index (χ3n) is 10.1. The number of phenolic OH excluding ortho intramolecular Hbond substituents is 2. The largest absolute Gasteiger partial charge is 0.507 e. The molecule has 7 rings (SSSR count). The molecule has 0 aliphatic heterocycles. The van der Waals surface area contributed by atoms with Crippen molar-refractivity contribution in [2.75, 3.05) is 70.2 Å². The maximum Gasteiger partial charge on any atom is 0.207 e. The van der Waals surface area contributed by atoms with Gasteiger partial charge in [-0.05, 0) is 80.1 Å². The number of methoxy groups -OCH3 is 1. The summed E-state index contributed by atoms with van der Waals surface area (Å²) in [4.78, 5) is 39.9. The van der Waals surface area contributed by atoms with Crippen LogP contribution in [0.1, 0.15) is 31.5 Å². The minimum absolute atomic E-state index is 0.00488. The third kappa shape index (κ3) is 8.42. The molecule has 3 heterocycles. The number of ether oxygens (including phenoxy) is 1. The van der Waals surface area contributed by atoms with E-state index < -0.39 is 0 Å². The predicted octanol–water partition coefficient (Wildman–Crippen LogP) is 4.12. The summed E-state index contributed by atoms with van der Waals surface area (Å²) in [6.07, 6.45) is 1.42. The van der Waals surface area contributed by atoms with Crippen molar-refractivity contribution in [2.45, 2.75) is 33.4 Å². The van der Waals surface area contributed by atoms with Gasteiger partial charge in [0.1, 0.15) is 22.8 Å². The minimum Gasteiger partial charge on any atom is -0.507 e. The number of rotatable bonds is 18. The SMILES string of the molecule is CCN(CC)CCNc1ccc(CNC=O)c2sc3ccc(OC)cc3c(=O)c12.NCCCNc1ccc2c(CNCCO)nn3c4c(O)ccc(O)c4c(=O)c1c23. The number of aliphatic hydroxyl groups excluding tert-OH is 1. The van der Waals surface area contributed by atoms with Crippen LogP contribution in [0.4, 0.5) is 11.4 Å². The van der Waals surface area contributed by atoms with Gasteiger partial charge in [-0.15, -0.1) is 11.3 Å². The molecule has 0 fully saturated rings. The Morgan fingerprint density at radius 2 is 1.60 bits per heavy atom. The number of hydrogen-bond acceptors (Lipinski definition) is 14. The molecule has 16 heteroatoms. The number of phenols is 2. The van der Waals surface area contributed by atoms with Crippen molar-refractivity contribution in [3.8, 4) is 17.2 Å². The number of benzene rings is 4. The molecule has 0 radical (unpaired) electrons. The lowest BCUT2D eigenvalue weighted by Crippen LogP contribution is -2.28. The molecule has 0 aliphatic rings. The average Bonchev–Trinajstić information content (AvgIpc) is 3.60. The van der Waals surface area contributed by atoms with E-state index in [1.165, 1.54) is 16.6 Å². The van der Waals surface area contributed by atoms with Gasteiger partial charge < -0.3 is 52.0 Å². The maximum atomic E-state index is 13.4. The zero-order chi connectivity index (χ0) is 41.3. The lowest BCUT2D eigenvalue weighted by atomic mass is 10.0. The Morgan fingerprint density at radius 1 is 0.862 bits per heavy atom. The zero-order valence-electron chi connectivity index (χ0n) is 32.9. The number of fused-ring (bicyclic) bond motifs is 4. The Kier molecular flexibility index (Phi) is 13.8. The summed E-state index contributed by atoms with van der Waals surface area (Å²) in [6.45, 7) is 10.2. The normalized spacial score (nSPS) is 11.5. The smallest absolute Gasteiger partial charge is 0.207 e. The van der Waals surface area contributed by atoms with Crippen LogP contribution < -0.4 is 42.6 Å². The first-order valence-corrected chi connectivity index (χ1v) is 20.1. The molecule has 0 bridgehead atoms. The van der Waals surface area contributed by atoms with E-state index in [1.54, 1.807) is 24.5 Å². The summed E-state index contributed by atoms with van der Waals surface area (Å²) in [5.41, 5.74) is 8.96. The van der Waals surface area contributed by atoms with Gasteiger partial charge in [0.2, 0.25) is 11.8 Å². The molecule has 0 saturated carbocycles. The second-order valence-electron chi connectivity index (χ2n) is 13.6. The number of nitrogens with two attached hydrogens (primary N) is 1. The Balaban J connectivity index is 0.000000196. The van der Waals surface area contributed by atoms with Crippen molar-refractivity contribution >= 4 is 76.5 Å². The topological polar surface area (TPSA) is 216 Å². The second-order valence-corrected chi connectivity index (χ2v) is 14.6. The van der Waals surface area contributed by atoms with E-state index in [-0.39, 0.29) is 39.9 Å². The number of carbonyl (C=O) groups excluding carboxylic acids is 1. The van der Waals surface area contributed by atoms with Crippen LogP contribution >= 0.6 is 11.3 Å². The molecule has 3 aromatic heterocycles. The first kappa shape index (κ1) is 41.8. The van der Waals surface area contributed by atoms with E-state index >= 15 is 0 Å². The van der Waals surface area contributed by atoms with E-state index in [2.05, 4.69) is 45.1 Å². The van der Waals surface area contributed by atoms with E-state index in [1.807, 2.05) is 36.4 Å². The number of hydrogen-bond donors (Lipinski definition) is 8. The van der Waals surface area contributed by atoms with Gasteiger partial charge in [-0.2, -0.15) is 5.10 Å². The number of aromatic hydroxyl groups is 2. The average molecular weight is 811 g/mol. The van der Waals surface area contributed by atoms with Gasteiger partial charge in [0.05, 0.1) is 41.1 Å². The number of nitrogens with one attached hydrogen (secondary N) is 4. The number of amides is 1. The number of aliphatic hydroxyl groups is 1. The molecule has 0 aliphatic carbocycles. The second kappa shape index (κ2) is 19.1. The number of carbonyl (C=O) groups is 1. The molecule has 0 spiro atoms. The van der Waals surface area contributed by atoms with Crippen LogP contribution in [-0.2, 0) is 17.9 Å². The van der Waals surface area contributed by atoms with E-state index in [0.29, 0.717) is 77.9 Å². The molecule has 9 N–H and O–H groups in total. The van der Waals surface area contributed by atoms with Crippen molar-refractivity contribution in [1.29, 1.82) is 0 Å². The third-order valence-corrected chi connectivity index (χ3v) is 11.4. The highest BCUT2D eigenvalue weighted by Gasteiger charge is 2.23. The van der Waals surface area contributed by atoms with Crippen molar-refractivity contribution < 1.29 is 24.9 Å². The Hall–Kier alpha value is -5.78. The van der Waals surface area contributed by atoms with Crippen LogP contribution in [-0.4, -0.2) is 95.8 Å². The number of anilines is 2. The highest BCUT2D eigenvalue weighted by Crippen LogP contribution is 2.37. The summed E-state index contributed by atoms with van der Waals surface area (Å²) in [5.74, 6) is 0.308. The van der Waals surface area contributed by atoms with Crippen LogP contribution in [0.25, 0.3) is 47.4 Å². The van der Waals surface area contributed by atoms with Crippen LogP contribution in [0.5, 0.6) is 17.2 Å². The van der Waals surface area contributed by atoms with Crippen molar-refractivity contribution in [2.24, 2.45) is 5.73 Å². The van der Waals surface area contributed by atoms with Crippen molar-refractivity contribution in [1.82, 2.24) is 25.1 Å². The fourth-order valence-electron chi connectivity index (χ4n) is 7.12. The van der Waals surface area contributed by atoms with Gasteiger partial charge in [-0.1, -0.05) is 19.9 Å². The minimum atomic E-state index is -0.378. The number of aromatic nitrogens is 2. The molecular formula is C42H50N8O7S. The molecular weight excluding hydrogens is 761 g/mol. The highest BCUT2D eigenvalue weighted by atomic mass is 32.1. The molecule has 58 heavy (non-hydrogen) atoms. The Labute approximate surface area is 338 Å². The summed E-state index contributed by atoms with van der Waals surface area (Å²) < 4.78 is 8.62. The number of likely N-dealkylation sites (N-methyl/N-ethyl adjacent to an activating group) is 1. The fraction of sp³-hybridized carbons (Fsp3) is 0.333.